The average molecular weight is 802 g/mol. The van der Waals surface area contributed by atoms with Crippen molar-refractivity contribution in [2.75, 3.05) is 22.9 Å². The number of nitrogens with two attached hydrogens (primary N) is 4. The number of hydrogen-bond acceptors (Lipinski definition) is 4. The third-order valence-electron chi connectivity index (χ3n) is 11.6. The van der Waals surface area contributed by atoms with Crippen LogP contribution >= 0.6 is 23.2 Å². The van der Waals surface area contributed by atoms with E-state index in [1.54, 1.807) is 12.1 Å². The summed E-state index contributed by atoms with van der Waals surface area (Å²) in [7, 11) is 0. The predicted molar refractivity (Wildman–Crippen MR) is 235 cm³/mol. The van der Waals surface area contributed by atoms with Crippen molar-refractivity contribution in [3.63, 3.8) is 0 Å². The standard InChI is InChI=1S/C25H18Cl2N2.C25H18F2N2/c2*26-21-13-15(9-11-23(21)28)25(16-10-12-24(29)22(27)14-16)19-7-3-1-5-17(19)18-6-2-4-8-20(18)25/h2*1-14H,28-29H2. The summed E-state index contributed by atoms with van der Waals surface area (Å²) >= 11 is 13.0. The van der Waals surface area contributed by atoms with Crippen molar-refractivity contribution in [1.29, 1.82) is 0 Å². The summed E-state index contributed by atoms with van der Waals surface area (Å²) < 4.78 is 29.2. The molecule has 0 fully saturated rings. The first kappa shape index (κ1) is 37.0. The maximum atomic E-state index is 14.6. The second-order valence-electron chi connectivity index (χ2n) is 14.6. The lowest BCUT2D eigenvalue weighted by Gasteiger charge is -2.34. The van der Waals surface area contributed by atoms with Gasteiger partial charge in [0.15, 0.2) is 0 Å². The summed E-state index contributed by atoms with van der Waals surface area (Å²) in [5, 5.41) is 1.07. The molecule has 10 rings (SSSR count). The predicted octanol–water partition coefficient (Wildman–Crippen LogP) is 12.0. The van der Waals surface area contributed by atoms with Crippen molar-refractivity contribution >= 4 is 46.0 Å². The fraction of sp³-hybridized carbons (Fsp3) is 0.0400. The molecule has 0 radical (unpaired) electrons. The molecule has 0 atom stereocenters. The monoisotopic (exact) mass is 800 g/mol. The summed E-state index contributed by atoms with van der Waals surface area (Å²) in [5.41, 5.74) is 35.6. The third-order valence-corrected chi connectivity index (χ3v) is 12.3. The molecular weight excluding hydrogens is 765 g/mol. The Balaban J connectivity index is 0.000000150. The number of benzene rings is 8. The quantitative estimate of drug-likeness (QED) is 0.133. The molecule has 2 aliphatic carbocycles. The second-order valence-corrected chi connectivity index (χ2v) is 15.4. The molecule has 0 bridgehead atoms. The highest BCUT2D eigenvalue weighted by Gasteiger charge is 2.47. The van der Waals surface area contributed by atoms with E-state index in [2.05, 4.69) is 48.5 Å². The van der Waals surface area contributed by atoms with Gasteiger partial charge in [0, 0.05) is 0 Å². The minimum atomic E-state index is -0.879. The van der Waals surface area contributed by atoms with Gasteiger partial charge in [-0.1, -0.05) is 145 Å². The fourth-order valence-electron chi connectivity index (χ4n) is 9.09. The van der Waals surface area contributed by atoms with Crippen LogP contribution in [0.15, 0.2) is 170 Å². The Kier molecular flexibility index (Phi) is 9.00. The van der Waals surface area contributed by atoms with E-state index in [4.69, 9.17) is 46.1 Å². The molecule has 0 unspecified atom stereocenters. The Labute approximate surface area is 345 Å². The van der Waals surface area contributed by atoms with Crippen LogP contribution in [0, 0.1) is 11.6 Å². The van der Waals surface area contributed by atoms with Crippen LogP contribution in [0.2, 0.25) is 10.0 Å². The van der Waals surface area contributed by atoms with Gasteiger partial charge in [-0.3, -0.25) is 0 Å². The van der Waals surface area contributed by atoms with Crippen molar-refractivity contribution in [1.82, 2.24) is 0 Å². The van der Waals surface area contributed by atoms with E-state index in [-0.39, 0.29) is 11.4 Å². The Morgan fingerprint density at radius 2 is 0.586 bits per heavy atom. The molecule has 2 aliphatic rings. The molecule has 0 heterocycles. The Morgan fingerprint density at radius 1 is 0.328 bits per heavy atom. The lowest BCUT2D eigenvalue weighted by Crippen LogP contribution is -2.29. The van der Waals surface area contributed by atoms with Gasteiger partial charge in [0.25, 0.3) is 0 Å². The van der Waals surface area contributed by atoms with Crippen LogP contribution in [-0.2, 0) is 10.8 Å². The van der Waals surface area contributed by atoms with Crippen LogP contribution in [0.5, 0.6) is 0 Å². The fourth-order valence-corrected chi connectivity index (χ4v) is 9.45. The molecule has 0 saturated heterocycles. The second kappa shape index (κ2) is 14.1. The Hall–Kier alpha value is -6.60. The van der Waals surface area contributed by atoms with Crippen molar-refractivity contribution in [2.24, 2.45) is 0 Å². The van der Waals surface area contributed by atoms with Gasteiger partial charge in [-0.25, -0.2) is 8.78 Å². The molecule has 8 aromatic carbocycles. The summed E-state index contributed by atoms with van der Waals surface area (Å²) in [6.45, 7) is 0. The molecule has 0 spiro atoms. The van der Waals surface area contributed by atoms with Gasteiger partial charge in [0.05, 0.1) is 43.6 Å². The van der Waals surface area contributed by atoms with E-state index >= 15 is 0 Å². The first-order chi connectivity index (χ1) is 28.1. The van der Waals surface area contributed by atoms with Crippen LogP contribution in [0.25, 0.3) is 22.3 Å². The zero-order chi connectivity index (χ0) is 40.3. The van der Waals surface area contributed by atoms with E-state index in [1.807, 2.05) is 97.1 Å². The molecule has 0 aliphatic heterocycles. The summed E-state index contributed by atoms with van der Waals surface area (Å²) in [5.74, 6) is -1.00. The minimum Gasteiger partial charge on any atom is -0.398 e. The van der Waals surface area contributed by atoms with Crippen LogP contribution < -0.4 is 22.9 Å². The highest BCUT2D eigenvalue weighted by molar-refractivity contribution is 6.33. The van der Waals surface area contributed by atoms with Crippen molar-refractivity contribution < 1.29 is 8.78 Å². The lowest BCUT2D eigenvalue weighted by atomic mass is 9.67. The maximum Gasteiger partial charge on any atom is 0.146 e. The van der Waals surface area contributed by atoms with E-state index in [0.717, 1.165) is 33.4 Å². The van der Waals surface area contributed by atoms with Gasteiger partial charge >= 0.3 is 0 Å². The average Bonchev–Trinajstić information content (AvgIpc) is 3.71. The number of anilines is 4. The first-order valence-corrected chi connectivity index (χ1v) is 19.4. The SMILES string of the molecule is Nc1ccc(C2(c3ccc(N)c(Cl)c3)c3ccccc3-c3ccccc32)cc1Cl.Nc1ccc(C2(c3ccc(N)c(F)c3)c3ccccc3-c3ccccc32)cc1F. The number of nitrogen functional groups attached to an aromatic ring is 4. The molecule has 8 N–H and O–H groups in total. The number of halogens is 4. The summed E-state index contributed by atoms with van der Waals surface area (Å²) in [4.78, 5) is 0. The zero-order valence-corrected chi connectivity index (χ0v) is 32.5. The molecule has 4 nitrogen and oxygen atoms in total. The lowest BCUT2D eigenvalue weighted by molar-refractivity contribution is 0.618. The van der Waals surface area contributed by atoms with Crippen molar-refractivity contribution in [2.45, 2.75) is 10.8 Å². The van der Waals surface area contributed by atoms with Gasteiger partial charge < -0.3 is 22.9 Å². The van der Waals surface area contributed by atoms with E-state index in [9.17, 15) is 8.78 Å². The van der Waals surface area contributed by atoms with Crippen LogP contribution in [0.4, 0.5) is 31.5 Å². The van der Waals surface area contributed by atoms with Crippen LogP contribution in [0.3, 0.4) is 0 Å². The Bertz CT molecular complexity index is 2530. The highest BCUT2D eigenvalue weighted by atomic mass is 35.5. The molecule has 284 valence electrons. The van der Waals surface area contributed by atoms with E-state index in [0.29, 0.717) is 32.5 Å². The van der Waals surface area contributed by atoms with Crippen molar-refractivity contribution in [3.8, 4) is 22.3 Å². The number of hydrogen-bond donors (Lipinski definition) is 4. The molecule has 58 heavy (non-hydrogen) atoms. The van der Waals surface area contributed by atoms with Crippen LogP contribution in [0.1, 0.15) is 44.5 Å². The number of fused-ring (bicyclic) bond motifs is 6. The summed E-state index contributed by atoms with van der Waals surface area (Å²) in [6, 6.07) is 54.2. The van der Waals surface area contributed by atoms with E-state index < -0.39 is 22.5 Å². The molecule has 0 amide bonds. The van der Waals surface area contributed by atoms with Gasteiger partial charge in [0.1, 0.15) is 11.6 Å². The largest absolute Gasteiger partial charge is 0.398 e. The first-order valence-electron chi connectivity index (χ1n) is 18.7. The van der Waals surface area contributed by atoms with E-state index in [1.165, 1.54) is 34.4 Å². The molecule has 8 aromatic rings. The van der Waals surface area contributed by atoms with Gasteiger partial charge in [-0.2, -0.15) is 0 Å². The van der Waals surface area contributed by atoms with Gasteiger partial charge in [-0.05, 0) is 115 Å². The van der Waals surface area contributed by atoms with Gasteiger partial charge in [0.2, 0.25) is 0 Å². The molecule has 0 saturated carbocycles. The topological polar surface area (TPSA) is 104 Å². The highest BCUT2D eigenvalue weighted by Crippen LogP contribution is 2.58. The smallest absolute Gasteiger partial charge is 0.146 e. The Morgan fingerprint density at radius 3 is 0.862 bits per heavy atom. The number of rotatable bonds is 4. The van der Waals surface area contributed by atoms with Crippen molar-refractivity contribution in [3.05, 3.63) is 236 Å². The maximum absolute atomic E-state index is 14.6. The van der Waals surface area contributed by atoms with Gasteiger partial charge in [-0.15, -0.1) is 0 Å². The molecule has 8 heteroatoms. The third kappa shape index (κ3) is 5.47. The zero-order valence-electron chi connectivity index (χ0n) is 31.0. The van der Waals surface area contributed by atoms with Crippen LogP contribution in [-0.4, -0.2) is 0 Å². The normalized spacial score (nSPS) is 13.7. The minimum absolute atomic E-state index is 0.0759. The summed E-state index contributed by atoms with van der Waals surface area (Å²) in [6.07, 6.45) is 0. The molecule has 0 aromatic heterocycles. The molecular formula is C50H36Cl2F2N4.